The molecule has 1 heterocycles. The van der Waals surface area contributed by atoms with Crippen molar-refractivity contribution in [3.63, 3.8) is 0 Å². The van der Waals surface area contributed by atoms with Gasteiger partial charge in [-0.2, -0.15) is 0 Å². The lowest BCUT2D eigenvalue weighted by atomic mass is 10.2. The third-order valence-electron chi connectivity index (χ3n) is 3.24. The Morgan fingerprint density at radius 1 is 1.35 bits per heavy atom. The number of nitrogens with zero attached hydrogens (tertiary/aromatic N) is 1. The fourth-order valence-electron chi connectivity index (χ4n) is 2.07. The largest absolute Gasteiger partial charge is 0.493 e. The molecule has 2 aromatic rings. The molecule has 138 valence electrons. The Balaban J connectivity index is 2.00. The second-order valence-electron chi connectivity index (χ2n) is 6.42. The van der Waals surface area contributed by atoms with E-state index in [0.717, 1.165) is 21.9 Å². The predicted octanol–water partition coefficient (Wildman–Crippen LogP) is 4.15. The van der Waals surface area contributed by atoms with Gasteiger partial charge < -0.3 is 14.8 Å². The zero-order chi connectivity index (χ0) is 19.1. The molecule has 0 aliphatic heterocycles. The first kappa shape index (κ1) is 19.8. The van der Waals surface area contributed by atoms with Crippen molar-refractivity contribution in [1.82, 2.24) is 10.3 Å². The number of nitrogens with one attached hydrogen (secondary N) is 1. The minimum atomic E-state index is -0.209. The number of benzene rings is 1. The summed E-state index contributed by atoms with van der Waals surface area (Å²) in [5.74, 6) is 7.92. The Morgan fingerprint density at radius 3 is 2.77 bits per heavy atom. The molecule has 1 aromatic heterocycles. The summed E-state index contributed by atoms with van der Waals surface area (Å²) in [7, 11) is 0. The van der Waals surface area contributed by atoms with Crippen LogP contribution in [0, 0.1) is 24.7 Å². The Morgan fingerprint density at radius 2 is 2.12 bits per heavy atom. The Hall–Kier alpha value is -2.52. The van der Waals surface area contributed by atoms with Crippen LogP contribution in [0.5, 0.6) is 16.7 Å². The molecule has 1 atom stereocenters. The van der Waals surface area contributed by atoms with Crippen LogP contribution >= 0.6 is 11.3 Å². The molecule has 5 nitrogen and oxygen atoms in total. The van der Waals surface area contributed by atoms with Crippen molar-refractivity contribution in [2.24, 2.45) is 5.92 Å². The molecule has 1 amide bonds. The Kier molecular flexibility index (Phi) is 7.05. The van der Waals surface area contributed by atoms with Crippen molar-refractivity contribution < 1.29 is 14.3 Å². The summed E-state index contributed by atoms with van der Waals surface area (Å²) in [6.07, 6.45) is 1.67. The number of thiazole rings is 1. The number of carbonyl (C=O) groups is 1. The van der Waals surface area contributed by atoms with Gasteiger partial charge in [0.2, 0.25) is 5.91 Å². The number of amides is 1. The van der Waals surface area contributed by atoms with Crippen molar-refractivity contribution in [2.45, 2.75) is 40.7 Å². The minimum Gasteiger partial charge on any atom is -0.493 e. The van der Waals surface area contributed by atoms with Crippen LogP contribution < -0.4 is 14.8 Å². The second-order valence-corrected chi connectivity index (χ2v) is 7.41. The van der Waals surface area contributed by atoms with E-state index in [2.05, 4.69) is 36.0 Å². The summed E-state index contributed by atoms with van der Waals surface area (Å²) in [6.45, 7) is 10.2. The van der Waals surface area contributed by atoms with Crippen LogP contribution in [0.25, 0.3) is 0 Å². The molecule has 0 fully saturated rings. The van der Waals surface area contributed by atoms with Crippen LogP contribution in [0.15, 0.2) is 24.4 Å². The summed E-state index contributed by atoms with van der Waals surface area (Å²) in [5, 5.41) is 3.25. The van der Waals surface area contributed by atoms with Crippen molar-refractivity contribution in [3.05, 3.63) is 34.8 Å². The average Bonchev–Trinajstić information content (AvgIpc) is 3.00. The molecule has 0 bridgehead atoms. The topological polar surface area (TPSA) is 60.5 Å². The van der Waals surface area contributed by atoms with Crippen LogP contribution in [0.1, 0.15) is 38.1 Å². The van der Waals surface area contributed by atoms with Gasteiger partial charge in [0.15, 0.2) is 0 Å². The average molecular weight is 372 g/mol. The number of hydrogen-bond acceptors (Lipinski definition) is 5. The van der Waals surface area contributed by atoms with E-state index in [1.165, 1.54) is 18.3 Å². The smallest absolute Gasteiger partial charge is 0.279 e. The van der Waals surface area contributed by atoms with E-state index in [-0.39, 0.29) is 11.9 Å². The van der Waals surface area contributed by atoms with Gasteiger partial charge in [0.1, 0.15) is 16.4 Å². The van der Waals surface area contributed by atoms with Crippen molar-refractivity contribution in [3.8, 4) is 28.5 Å². The maximum Gasteiger partial charge on any atom is 0.279 e. The van der Waals surface area contributed by atoms with Gasteiger partial charge in [-0.3, -0.25) is 4.79 Å². The van der Waals surface area contributed by atoms with E-state index in [0.29, 0.717) is 17.7 Å². The first-order valence-corrected chi connectivity index (χ1v) is 9.31. The van der Waals surface area contributed by atoms with Crippen molar-refractivity contribution in [1.29, 1.82) is 0 Å². The molecule has 1 N–H and O–H groups in total. The lowest BCUT2D eigenvalue weighted by Gasteiger charge is -2.11. The van der Waals surface area contributed by atoms with E-state index in [9.17, 15) is 4.79 Å². The van der Waals surface area contributed by atoms with Gasteiger partial charge in [-0.15, -0.1) is 0 Å². The summed E-state index contributed by atoms with van der Waals surface area (Å²) < 4.78 is 11.6. The van der Waals surface area contributed by atoms with Crippen LogP contribution in [0.2, 0.25) is 0 Å². The third-order valence-corrected chi connectivity index (χ3v) is 4.03. The van der Waals surface area contributed by atoms with Gasteiger partial charge in [0.25, 0.3) is 5.19 Å². The number of aryl methyl sites for hydroxylation is 1. The highest BCUT2D eigenvalue weighted by Gasteiger charge is 2.08. The molecule has 0 aliphatic rings. The van der Waals surface area contributed by atoms with Crippen molar-refractivity contribution >= 4 is 17.2 Å². The van der Waals surface area contributed by atoms with Gasteiger partial charge in [-0.05, 0) is 43.5 Å². The summed E-state index contributed by atoms with van der Waals surface area (Å²) >= 11 is 1.36. The van der Waals surface area contributed by atoms with E-state index in [1.54, 1.807) is 6.20 Å². The van der Waals surface area contributed by atoms with Crippen LogP contribution in [-0.4, -0.2) is 23.5 Å². The zero-order valence-corrected chi connectivity index (χ0v) is 16.6. The molecule has 0 spiro atoms. The maximum absolute atomic E-state index is 11.0. The molecule has 0 saturated carbocycles. The number of rotatable bonds is 6. The standard InChI is InChI=1S/C20H24N2O3S/c1-13(2)12-24-17-7-9-19(14(3)10-17)25-20-21-11-18(26-20)8-6-15(4)22-16(5)23/h7,9-11,13,15H,12H2,1-5H3,(H,22,23). The maximum atomic E-state index is 11.0. The first-order valence-electron chi connectivity index (χ1n) is 8.49. The van der Waals surface area contributed by atoms with E-state index in [4.69, 9.17) is 9.47 Å². The van der Waals surface area contributed by atoms with Crippen molar-refractivity contribution in [2.75, 3.05) is 6.61 Å². The Bertz CT molecular complexity index is 818. The van der Waals surface area contributed by atoms with Crippen LogP contribution in [0.4, 0.5) is 0 Å². The summed E-state index contributed by atoms with van der Waals surface area (Å²) in [4.78, 5) is 16.0. The molecule has 1 aromatic carbocycles. The minimum absolute atomic E-state index is 0.101. The number of ether oxygens (including phenoxy) is 2. The lowest BCUT2D eigenvalue weighted by Crippen LogP contribution is -2.28. The fraction of sp³-hybridized carbons (Fsp3) is 0.400. The van der Waals surface area contributed by atoms with Crippen LogP contribution in [-0.2, 0) is 4.79 Å². The molecule has 0 saturated heterocycles. The zero-order valence-electron chi connectivity index (χ0n) is 15.8. The van der Waals surface area contributed by atoms with Gasteiger partial charge in [0, 0.05) is 6.92 Å². The summed E-state index contributed by atoms with van der Waals surface area (Å²) in [5.41, 5.74) is 0.980. The molecule has 0 radical (unpaired) electrons. The van der Waals surface area contributed by atoms with E-state index in [1.807, 2.05) is 32.0 Å². The third kappa shape index (κ3) is 6.41. The van der Waals surface area contributed by atoms with Crippen LogP contribution in [0.3, 0.4) is 0 Å². The normalized spacial score (nSPS) is 11.5. The molecule has 2 rings (SSSR count). The molecular weight excluding hydrogens is 348 g/mol. The highest BCUT2D eigenvalue weighted by molar-refractivity contribution is 7.13. The number of carbonyl (C=O) groups excluding carboxylic acids is 1. The molecular formula is C20H24N2O3S. The van der Waals surface area contributed by atoms with Gasteiger partial charge >= 0.3 is 0 Å². The Labute approximate surface area is 158 Å². The first-order chi connectivity index (χ1) is 12.3. The highest BCUT2D eigenvalue weighted by Crippen LogP contribution is 2.30. The molecule has 6 heteroatoms. The molecule has 26 heavy (non-hydrogen) atoms. The summed E-state index contributed by atoms with van der Waals surface area (Å²) in [6, 6.07) is 5.53. The van der Waals surface area contributed by atoms with Gasteiger partial charge in [-0.25, -0.2) is 4.98 Å². The predicted molar refractivity (Wildman–Crippen MR) is 104 cm³/mol. The quantitative estimate of drug-likeness (QED) is 0.774. The number of hydrogen-bond donors (Lipinski definition) is 1. The van der Waals surface area contributed by atoms with Gasteiger partial charge in [-0.1, -0.05) is 37.0 Å². The highest BCUT2D eigenvalue weighted by atomic mass is 32.1. The number of aromatic nitrogens is 1. The fourth-order valence-corrected chi connectivity index (χ4v) is 2.71. The molecule has 0 aliphatic carbocycles. The molecule has 1 unspecified atom stereocenters. The van der Waals surface area contributed by atoms with Gasteiger partial charge in [0.05, 0.1) is 18.8 Å². The van der Waals surface area contributed by atoms with E-state index >= 15 is 0 Å². The SMILES string of the molecule is CC(=O)NC(C)C#Cc1cnc(Oc2ccc(OCC(C)C)cc2C)s1. The monoisotopic (exact) mass is 372 g/mol. The lowest BCUT2D eigenvalue weighted by molar-refractivity contribution is -0.119. The second kappa shape index (κ2) is 9.25. The van der Waals surface area contributed by atoms with E-state index < -0.39 is 0 Å².